The number of hydrogen-bond acceptors (Lipinski definition) is 3. The molecule has 0 radical (unpaired) electrons. The normalized spacial score (nSPS) is 18.4. The molecular weight excluding hydrogens is 108 g/mol. The minimum atomic E-state index is -2.30. The van der Waals surface area contributed by atoms with Crippen LogP contribution in [0.15, 0.2) is 0 Å². The fourth-order valence-electron chi connectivity index (χ4n) is 0.229. The fraction of sp³-hybridized carbons (Fsp3) is 0.800. The van der Waals surface area contributed by atoms with Gasteiger partial charge in [0, 0.05) is 2.74 Å². The third-order valence-corrected chi connectivity index (χ3v) is 0.512. The summed E-state index contributed by atoms with van der Waals surface area (Å²) in [6, 6.07) is 0. The van der Waals surface area contributed by atoms with E-state index in [-0.39, 0.29) is 0 Å². The SMILES string of the molecule is [2H]C([2H])(C(=O)OC)[C@@H](C)O. The van der Waals surface area contributed by atoms with Gasteiger partial charge in [-0.1, -0.05) is 0 Å². The maximum Gasteiger partial charge on any atom is 0.308 e. The maximum atomic E-state index is 10.5. The van der Waals surface area contributed by atoms with Crippen molar-refractivity contribution in [3.63, 3.8) is 0 Å². The smallest absolute Gasteiger partial charge is 0.308 e. The van der Waals surface area contributed by atoms with E-state index in [1.54, 1.807) is 0 Å². The Morgan fingerprint density at radius 1 is 2.12 bits per heavy atom. The lowest BCUT2D eigenvalue weighted by Gasteiger charge is -1.99. The minimum Gasteiger partial charge on any atom is -0.469 e. The molecule has 0 fully saturated rings. The molecule has 0 bridgehead atoms. The van der Waals surface area contributed by atoms with E-state index in [1.807, 2.05) is 0 Å². The molecule has 1 N–H and O–H groups in total. The lowest BCUT2D eigenvalue weighted by molar-refractivity contribution is -0.142. The minimum absolute atomic E-state index is 1.05. The molecule has 0 aromatic heterocycles. The average molecular weight is 120 g/mol. The van der Waals surface area contributed by atoms with Crippen molar-refractivity contribution in [3.8, 4) is 0 Å². The van der Waals surface area contributed by atoms with Crippen molar-refractivity contribution < 1.29 is 17.4 Å². The summed E-state index contributed by atoms with van der Waals surface area (Å²) in [6.07, 6.45) is -3.64. The van der Waals surface area contributed by atoms with Crippen LogP contribution < -0.4 is 0 Å². The van der Waals surface area contributed by atoms with Crippen LogP contribution in [0.2, 0.25) is 0 Å². The molecule has 0 saturated heterocycles. The molecule has 0 amide bonds. The molecule has 0 aliphatic heterocycles. The van der Waals surface area contributed by atoms with Crippen molar-refractivity contribution in [1.82, 2.24) is 0 Å². The van der Waals surface area contributed by atoms with Crippen molar-refractivity contribution in [2.75, 3.05) is 7.11 Å². The van der Waals surface area contributed by atoms with Crippen molar-refractivity contribution in [3.05, 3.63) is 0 Å². The molecule has 0 unspecified atom stereocenters. The third kappa shape index (κ3) is 3.61. The number of methoxy groups -OCH3 is 1. The van der Waals surface area contributed by atoms with E-state index in [2.05, 4.69) is 4.74 Å². The van der Waals surface area contributed by atoms with Gasteiger partial charge in [0.05, 0.1) is 19.6 Å². The largest absolute Gasteiger partial charge is 0.469 e. The third-order valence-electron chi connectivity index (χ3n) is 0.512. The number of carbonyl (C=O) groups excluding carboxylic acids is 1. The highest BCUT2D eigenvalue weighted by atomic mass is 16.5. The Morgan fingerprint density at radius 2 is 2.62 bits per heavy atom. The van der Waals surface area contributed by atoms with E-state index in [1.165, 1.54) is 6.92 Å². The van der Waals surface area contributed by atoms with E-state index in [0.717, 1.165) is 7.11 Å². The van der Waals surface area contributed by atoms with Crippen LogP contribution in [0.1, 0.15) is 16.0 Å². The number of aliphatic hydroxyl groups excluding tert-OH is 1. The van der Waals surface area contributed by atoms with E-state index in [0.29, 0.717) is 0 Å². The van der Waals surface area contributed by atoms with Gasteiger partial charge in [-0.25, -0.2) is 0 Å². The Bertz CT molecular complexity index is 133. The van der Waals surface area contributed by atoms with Crippen LogP contribution in [0.4, 0.5) is 0 Å². The predicted octanol–water partition coefficient (Wildman–Crippen LogP) is -0.0697. The van der Waals surface area contributed by atoms with Crippen LogP contribution in [0.25, 0.3) is 0 Å². The van der Waals surface area contributed by atoms with Crippen molar-refractivity contribution >= 4 is 5.97 Å². The first-order valence-electron chi connectivity index (χ1n) is 3.19. The number of esters is 1. The van der Waals surface area contributed by atoms with E-state index in [9.17, 15) is 4.79 Å². The summed E-state index contributed by atoms with van der Waals surface area (Å²) in [5.41, 5.74) is 0. The van der Waals surface area contributed by atoms with Gasteiger partial charge in [0.15, 0.2) is 0 Å². The van der Waals surface area contributed by atoms with Gasteiger partial charge in [-0.05, 0) is 6.92 Å². The molecule has 0 aliphatic carbocycles. The standard InChI is InChI=1S/C5H10O3/c1-4(6)3-5(7)8-2/h4,6H,3H2,1-2H3/t4-/m1/s1/i3D2. The highest BCUT2D eigenvalue weighted by Gasteiger charge is 2.03. The van der Waals surface area contributed by atoms with Gasteiger partial charge in [0.1, 0.15) is 0 Å². The highest BCUT2D eigenvalue weighted by Crippen LogP contribution is 1.89. The predicted molar refractivity (Wildman–Crippen MR) is 28.3 cm³/mol. The van der Waals surface area contributed by atoms with Gasteiger partial charge < -0.3 is 9.84 Å². The zero-order valence-corrected chi connectivity index (χ0v) is 4.84. The molecule has 3 heteroatoms. The van der Waals surface area contributed by atoms with Crippen LogP contribution in [0, 0.1) is 0 Å². The molecule has 1 atom stereocenters. The Kier molecular flexibility index (Phi) is 1.86. The Morgan fingerprint density at radius 3 is 2.75 bits per heavy atom. The summed E-state index contributed by atoms with van der Waals surface area (Å²) in [7, 11) is 1.07. The molecule has 0 rings (SSSR count). The molecule has 8 heavy (non-hydrogen) atoms. The molecule has 0 saturated carbocycles. The van der Waals surface area contributed by atoms with Crippen LogP contribution in [-0.2, 0) is 9.53 Å². The van der Waals surface area contributed by atoms with E-state index in [4.69, 9.17) is 7.85 Å². The summed E-state index contributed by atoms with van der Waals surface area (Å²) >= 11 is 0. The second kappa shape index (κ2) is 3.43. The second-order valence-corrected chi connectivity index (χ2v) is 1.31. The lowest BCUT2D eigenvalue weighted by atomic mass is 10.3. The van der Waals surface area contributed by atoms with Gasteiger partial charge >= 0.3 is 5.97 Å². The summed E-state index contributed by atoms with van der Waals surface area (Å²) in [6.45, 7) is 1.19. The lowest BCUT2D eigenvalue weighted by Crippen LogP contribution is -2.10. The van der Waals surface area contributed by atoms with Gasteiger partial charge in [-0.3, -0.25) is 4.79 Å². The monoisotopic (exact) mass is 120 g/mol. The van der Waals surface area contributed by atoms with Gasteiger partial charge in [-0.2, -0.15) is 0 Å². The topological polar surface area (TPSA) is 46.5 Å². The van der Waals surface area contributed by atoms with Crippen LogP contribution in [0.5, 0.6) is 0 Å². The van der Waals surface area contributed by atoms with Gasteiger partial charge in [0.2, 0.25) is 0 Å². The van der Waals surface area contributed by atoms with Crippen molar-refractivity contribution in [1.29, 1.82) is 0 Å². The number of ether oxygens (including phenoxy) is 1. The summed E-state index contributed by atoms with van der Waals surface area (Å²) in [5.74, 6) is -1.05. The molecule has 0 aliphatic rings. The molecule has 0 aromatic rings. The molecule has 0 spiro atoms. The Labute approximate surface area is 51.1 Å². The zero-order valence-electron chi connectivity index (χ0n) is 6.84. The second-order valence-electron chi connectivity index (χ2n) is 1.31. The first kappa shape index (κ1) is 4.32. The van der Waals surface area contributed by atoms with Crippen molar-refractivity contribution in [2.24, 2.45) is 0 Å². The number of aliphatic hydroxyl groups is 1. The fourth-order valence-corrected chi connectivity index (χ4v) is 0.229. The molecule has 0 aromatic carbocycles. The van der Waals surface area contributed by atoms with Crippen LogP contribution in [-0.4, -0.2) is 24.3 Å². The summed E-state index contributed by atoms with van der Waals surface area (Å²) < 4.78 is 18.0. The molecular formula is C5H10O3. The number of carbonyl (C=O) groups is 1. The average Bonchev–Trinajstić information content (AvgIpc) is 1.86. The molecule has 3 nitrogen and oxygen atoms in total. The summed E-state index contributed by atoms with van der Waals surface area (Å²) in [5, 5.41) is 8.71. The Balaban J connectivity index is 4.24. The van der Waals surface area contributed by atoms with E-state index < -0.39 is 18.4 Å². The quantitative estimate of drug-likeness (QED) is 0.519. The van der Waals surface area contributed by atoms with Gasteiger partial charge in [0.25, 0.3) is 0 Å². The highest BCUT2D eigenvalue weighted by molar-refractivity contribution is 5.69. The van der Waals surface area contributed by atoms with E-state index >= 15 is 0 Å². The van der Waals surface area contributed by atoms with Crippen molar-refractivity contribution in [2.45, 2.75) is 19.4 Å². The number of rotatable bonds is 2. The summed E-state index contributed by atoms with van der Waals surface area (Å²) in [4.78, 5) is 10.5. The zero-order chi connectivity index (χ0) is 8.36. The number of hydrogen-bond donors (Lipinski definition) is 1. The maximum absolute atomic E-state index is 10.5. The van der Waals surface area contributed by atoms with Gasteiger partial charge in [-0.15, -0.1) is 0 Å². The van der Waals surface area contributed by atoms with Crippen LogP contribution >= 0.6 is 0 Å². The first-order valence-corrected chi connectivity index (χ1v) is 2.19. The first-order chi connectivity index (χ1) is 4.42. The van der Waals surface area contributed by atoms with Crippen LogP contribution in [0.3, 0.4) is 0 Å². The molecule has 48 valence electrons. The Hall–Kier alpha value is -0.570. The molecule has 0 heterocycles.